The molecule has 1 aliphatic rings. The maximum Gasteiger partial charge on any atom is 0.0661 e. The highest BCUT2D eigenvalue weighted by Crippen LogP contribution is 2.40. The minimum Gasteiger partial charge on any atom is -0.349 e. The fourth-order valence-corrected chi connectivity index (χ4v) is 3.81. The van der Waals surface area contributed by atoms with Crippen molar-refractivity contribution in [1.82, 2.24) is 4.57 Å². The minimum atomic E-state index is 0.172. The summed E-state index contributed by atoms with van der Waals surface area (Å²) in [4.78, 5) is 0. The van der Waals surface area contributed by atoms with Crippen LogP contribution >= 0.6 is 11.6 Å². The summed E-state index contributed by atoms with van der Waals surface area (Å²) < 4.78 is 2.08. The van der Waals surface area contributed by atoms with Gasteiger partial charge in [0.1, 0.15) is 0 Å². The van der Waals surface area contributed by atoms with E-state index in [-0.39, 0.29) is 5.41 Å². The van der Waals surface area contributed by atoms with Crippen LogP contribution in [0.15, 0.2) is 24.4 Å². The molecule has 3 rings (SSSR count). The first-order chi connectivity index (χ1) is 9.16. The van der Waals surface area contributed by atoms with Gasteiger partial charge < -0.3 is 10.3 Å². The molecule has 3 heteroatoms. The van der Waals surface area contributed by atoms with Gasteiger partial charge in [-0.25, -0.2) is 0 Å². The molecule has 2 nitrogen and oxygen atoms in total. The Balaban J connectivity index is 2.11. The van der Waals surface area contributed by atoms with E-state index in [1.54, 1.807) is 0 Å². The van der Waals surface area contributed by atoms with Crippen LogP contribution in [-0.4, -0.2) is 11.1 Å². The molecule has 2 N–H and O–H groups in total. The van der Waals surface area contributed by atoms with Gasteiger partial charge in [0.05, 0.1) is 5.02 Å². The van der Waals surface area contributed by atoms with E-state index < -0.39 is 0 Å². The Labute approximate surface area is 119 Å². The van der Waals surface area contributed by atoms with E-state index in [1.807, 2.05) is 13.2 Å². The largest absolute Gasteiger partial charge is 0.349 e. The average Bonchev–Trinajstić information content (AvgIpc) is 2.74. The van der Waals surface area contributed by atoms with Gasteiger partial charge in [-0.1, -0.05) is 36.9 Å². The number of nitrogens with zero attached hydrogens (tertiary/aromatic N) is 1. The van der Waals surface area contributed by atoms with Crippen LogP contribution in [0.2, 0.25) is 5.02 Å². The first-order valence-electron chi connectivity index (χ1n) is 7.11. The van der Waals surface area contributed by atoms with E-state index >= 15 is 0 Å². The molecule has 1 saturated carbocycles. The zero-order valence-corrected chi connectivity index (χ0v) is 12.2. The molecular formula is C16H21ClN2. The molecule has 0 saturated heterocycles. The van der Waals surface area contributed by atoms with Gasteiger partial charge >= 0.3 is 0 Å². The molecule has 0 spiro atoms. The molecule has 2 aromatic rings. The molecule has 102 valence electrons. The Morgan fingerprint density at radius 1 is 1.26 bits per heavy atom. The van der Waals surface area contributed by atoms with E-state index in [0.29, 0.717) is 0 Å². The Hall–Kier alpha value is -0.990. The Bertz CT molecular complexity index is 594. The molecule has 1 fully saturated rings. The predicted molar refractivity (Wildman–Crippen MR) is 81.7 cm³/mol. The summed E-state index contributed by atoms with van der Waals surface area (Å²) in [7, 11) is 2.03. The molecule has 1 aromatic heterocycles. The highest BCUT2D eigenvalue weighted by molar-refractivity contribution is 6.35. The lowest BCUT2D eigenvalue weighted by molar-refractivity contribution is 0.301. The van der Waals surface area contributed by atoms with Crippen LogP contribution in [0.5, 0.6) is 0 Å². The van der Waals surface area contributed by atoms with Gasteiger partial charge in [-0.2, -0.15) is 0 Å². The molecular weight excluding hydrogens is 256 g/mol. The average molecular weight is 277 g/mol. The Kier molecular flexibility index (Phi) is 3.32. The van der Waals surface area contributed by atoms with E-state index in [1.165, 1.54) is 43.2 Å². The lowest BCUT2D eigenvalue weighted by atomic mass is 9.69. The van der Waals surface area contributed by atoms with Crippen molar-refractivity contribution >= 4 is 22.5 Å². The molecule has 0 bridgehead atoms. The smallest absolute Gasteiger partial charge is 0.0661 e. The highest BCUT2D eigenvalue weighted by Gasteiger charge is 2.32. The number of fused-ring (bicyclic) bond motifs is 1. The quantitative estimate of drug-likeness (QED) is 0.883. The van der Waals surface area contributed by atoms with Crippen molar-refractivity contribution in [3.8, 4) is 0 Å². The highest BCUT2D eigenvalue weighted by atomic mass is 35.5. The molecule has 0 atom stereocenters. The van der Waals surface area contributed by atoms with Crippen LogP contribution in [0.25, 0.3) is 10.9 Å². The van der Waals surface area contributed by atoms with Crippen molar-refractivity contribution in [1.29, 1.82) is 0 Å². The third-order valence-electron chi connectivity index (χ3n) is 4.75. The molecule has 0 aliphatic heterocycles. The third kappa shape index (κ3) is 2.07. The molecule has 1 aromatic carbocycles. The summed E-state index contributed by atoms with van der Waals surface area (Å²) in [5.41, 5.74) is 8.85. The van der Waals surface area contributed by atoms with Gasteiger partial charge in [-0.15, -0.1) is 0 Å². The molecule has 19 heavy (non-hydrogen) atoms. The number of aryl methyl sites for hydroxylation is 1. The summed E-state index contributed by atoms with van der Waals surface area (Å²) in [5, 5.41) is 1.99. The fraction of sp³-hybridized carbons (Fsp3) is 0.500. The van der Waals surface area contributed by atoms with Crippen LogP contribution in [0.3, 0.4) is 0 Å². The van der Waals surface area contributed by atoms with Crippen molar-refractivity contribution in [3.05, 3.63) is 35.0 Å². The molecule has 1 aliphatic carbocycles. The van der Waals surface area contributed by atoms with Crippen LogP contribution < -0.4 is 5.73 Å². The lowest BCUT2D eigenvalue weighted by Crippen LogP contribution is -2.37. The van der Waals surface area contributed by atoms with Gasteiger partial charge in [-0.05, 0) is 30.5 Å². The first kappa shape index (κ1) is 13.0. The number of hydrogen-bond acceptors (Lipinski definition) is 1. The first-order valence-corrected chi connectivity index (χ1v) is 7.49. The zero-order valence-electron chi connectivity index (χ0n) is 11.5. The van der Waals surface area contributed by atoms with Crippen LogP contribution in [0.1, 0.15) is 37.7 Å². The van der Waals surface area contributed by atoms with Crippen LogP contribution in [-0.2, 0) is 12.5 Å². The van der Waals surface area contributed by atoms with Crippen molar-refractivity contribution in [2.24, 2.45) is 12.8 Å². The monoisotopic (exact) mass is 276 g/mol. The molecule has 0 amide bonds. The maximum absolute atomic E-state index is 6.33. The van der Waals surface area contributed by atoms with E-state index in [9.17, 15) is 0 Å². The predicted octanol–water partition coefficient (Wildman–Crippen LogP) is 3.99. The van der Waals surface area contributed by atoms with E-state index in [2.05, 4.69) is 22.8 Å². The van der Waals surface area contributed by atoms with Crippen molar-refractivity contribution in [3.63, 3.8) is 0 Å². The van der Waals surface area contributed by atoms with Crippen LogP contribution in [0.4, 0.5) is 0 Å². The Morgan fingerprint density at radius 3 is 2.68 bits per heavy atom. The van der Waals surface area contributed by atoms with Gasteiger partial charge in [-0.3, -0.25) is 0 Å². The van der Waals surface area contributed by atoms with E-state index in [4.69, 9.17) is 17.3 Å². The number of nitrogens with two attached hydrogens (primary N) is 1. The number of halogens is 1. The second kappa shape index (κ2) is 4.84. The number of benzene rings is 1. The molecule has 1 heterocycles. The van der Waals surface area contributed by atoms with Gasteiger partial charge in [0.2, 0.25) is 0 Å². The van der Waals surface area contributed by atoms with Gasteiger partial charge in [0.15, 0.2) is 0 Å². The fourth-order valence-electron chi connectivity index (χ4n) is 3.51. The topological polar surface area (TPSA) is 30.9 Å². The normalized spacial score (nSPS) is 18.9. The summed E-state index contributed by atoms with van der Waals surface area (Å²) in [6.45, 7) is 0.739. The van der Waals surface area contributed by atoms with E-state index in [0.717, 1.165) is 17.0 Å². The number of aromatic nitrogens is 1. The maximum atomic E-state index is 6.33. The zero-order chi connectivity index (χ0) is 13.5. The SMILES string of the molecule is Cn1cc(Cl)c2cc(C3(CN)CCCCC3)ccc21. The Morgan fingerprint density at radius 2 is 2.00 bits per heavy atom. The second-order valence-corrected chi connectivity index (χ2v) is 6.27. The van der Waals surface area contributed by atoms with Crippen molar-refractivity contribution in [2.45, 2.75) is 37.5 Å². The number of rotatable bonds is 2. The minimum absolute atomic E-state index is 0.172. The second-order valence-electron chi connectivity index (χ2n) is 5.86. The summed E-state index contributed by atoms with van der Waals surface area (Å²) in [6, 6.07) is 6.69. The van der Waals surface area contributed by atoms with Crippen molar-refractivity contribution in [2.75, 3.05) is 6.54 Å². The number of hydrogen-bond donors (Lipinski definition) is 1. The summed E-state index contributed by atoms with van der Waals surface area (Å²) in [6.07, 6.45) is 8.32. The van der Waals surface area contributed by atoms with Gasteiger partial charge in [0, 0.05) is 36.1 Å². The standard InChI is InChI=1S/C16H21ClN2/c1-19-10-14(17)13-9-12(5-6-15(13)19)16(11-18)7-3-2-4-8-16/h5-6,9-10H,2-4,7-8,11,18H2,1H3. The van der Waals surface area contributed by atoms with Crippen molar-refractivity contribution < 1.29 is 0 Å². The molecule has 0 radical (unpaired) electrons. The van der Waals surface area contributed by atoms with Crippen LogP contribution in [0, 0.1) is 0 Å². The lowest BCUT2D eigenvalue weighted by Gasteiger charge is -2.37. The summed E-state index contributed by atoms with van der Waals surface area (Å²) in [5.74, 6) is 0. The van der Waals surface area contributed by atoms with Gasteiger partial charge in [0.25, 0.3) is 0 Å². The summed E-state index contributed by atoms with van der Waals surface area (Å²) >= 11 is 6.33. The molecule has 0 unspecified atom stereocenters. The third-order valence-corrected chi connectivity index (χ3v) is 5.06.